The summed E-state index contributed by atoms with van der Waals surface area (Å²) in [6.45, 7) is 2.11. The zero-order valence-electron chi connectivity index (χ0n) is 8.35. The van der Waals surface area contributed by atoms with E-state index in [4.69, 9.17) is 5.73 Å². The highest BCUT2D eigenvalue weighted by Crippen LogP contribution is 2.26. The van der Waals surface area contributed by atoms with Crippen LogP contribution in [0.3, 0.4) is 0 Å². The van der Waals surface area contributed by atoms with Crippen molar-refractivity contribution in [1.82, 2.24) is 0 Å². The highest BCUT2D eigenvalue weighted by Gasteiger charge is 2.16. The summed E-state index contributed by atoms with van der Waals surface area (Å²) in [5, 5.41) is 0. The number of benzene rings is 1. The molecular weight excluding hydrogens is 170 g/mol. The Labute approximate surface area is 84.9 Å². The zero-order valence-corrected chi connectivity index (χ0v) is 8.35. The predicted molar refractivity (Wildman–Crippen MR) is 59.9 cm³/mol. The lowest BCUT2D eigenvalue weighted by molar-refractivity contribution is 0.621. The number of rotatable bonds is 2. The summed E-state index contributed by atoms with van der Waals surface area (Å²) in [5.41, 5.74) is 8.71. The van der Waals surface area contributed by atoms with Crippen LogP contribution in [0, 0.1) is 12.8 Å². The SMILES string of the molecule is Cc1ccccc1[C@@H](N)C1C=CC=C1. The summed E-state index contributed by atoms with van der Waals surface area (Å²) >= 11 is 0. The number of hydrogen-bond acceptors (Lipinski definition) is 1. The van der Waals surface area contributed by atoms with Gasteiger partial charge in [-0.25, -0.2) is 0 Å². The second kappa shape index (κ2) is 3.81. The molecule has 1 atom stereocenters. The van der Waals surface area contributed by atoms with Crippen LogP contribution in [0.25, 0.3) is 0 Å². The van der Waals surface area contributed by atoms with Crippen molar-refractivity contribution in [1.29, 1.82) is 0 Å². The first kappa shape index (κ1) is 9.22. The molecule has 2 rings (SSSR count). The molecule has 1 heteroatoms. The number of hydrogen-bond donors (Lipinski definition) is 1. The van der Waals surface area contributed by atoms with E-state index in [-0.39, 0.29) is 6.04 Å². The summed E-state index contributed by atoms with van der Waals surface area (Å²) < 4.78 is 0. The third kappa shape index (κ3) is 1.64. The van der Waals surface area contributed by atoms with Crippen molar-refractivity contribution < 1.29 is 0 Å². The molecule has 0 heterocycles. The molecule has 0 unspecified atom stereocenters. The molecule has 1 nitrogen and oxygen atoms in total. The molecule has 1 aliphatic carbocycles. The quantitative estimate of drug-likeness (QED) is 0.753. The second-order valence-corrected chi connectivity index (χ2v) is 3.73. The molecule has 0 aromatic heterocycles. The fourth-order valence-electron chi connectivity index (χ4n) is 1.86. The molecule has 0 aliphatic heterocycles. The number of nitrogens with two attached hydrogens (primary N) is 1. The first-order valence-corrected chi connectivity index (χ1v) is 4.95. The van der Waals surface area contributed by atoms with E-state index in [0.29, 0.717) is 5.92 Å². The van der Waals surface area contributed by atoms with Crippen LogP contribution in [0.4, 0.5) is 0 Å². The number of aryl methyl sites for hydroxylation is 1. The molecule has 0 bridgehead atoms. The van der Waals surface area contributed by atoms with Crippen LogP contribution in [-0.4, -0.2) is 0 Å². The molecule has 0 radical (unpaired) electrons. The Kier molecular flexibility index (Phi) is 2.51. The largest absolute Gasteiger partial charge is 0.323 e. The fraction of sp³-hybridized carbons (Fsp3) is 0.231. The van der Waals surface area contributed by atoms with Gasteiger partial charge < -0.3 is 5.73 Å². The Bertz CT molecular complexity index is 365. The van der Waals surface area contributed by atoms with Crippen molar-refractivity contribution in [3.05, 3.63) is 59.7 Å². The fourth-order valence-corrected chi connectivity index (χ4v) is 1.86. The van der Waals surface area contributed by atoms with E-state index in [9.17, 15) is 0 Å². The van der Waals surface area contributed by atoms with E-state index in [1.165, 1.54) is 11.1 Å². The summed E-state index contributed by atoms with van der Waals surface area (Å²) in [7, 11) is 0. The van der Waals surface area contributed by atoms with Crippen LogP contribution in [0.2, 0.25) is 0 Å². The molecule has 1 aliphatic rings. The van der Waals surface area contributed by atoms with Crippen LogP contribution in [0.5, 0.6) is 0 Å². The molecule has 2 N–H and O–H groups in total. The standard InChI is InChI=1S/C13H15N/c1-10-6-2-5-9-12(10)13(14)11-7-3-4-8-11/h2-9,11,13H,14H2,1H3/t13-/m0/s1. The molecule has 1 aromatic carbocycles. The van der Waals surface area contributed by atoms with Gasteiger partial charge in [0.25, 0.3) is 0 Å². The first-order chi connectivity index (χ1) is 6.79. The van der Waals surface area contributed by atoms with Gasteiger partial charge in [-0.1, -0.05) is 48.6 Å². The Balaban J connectivity index is 2.26. The van der Waals surface area contributed by atoms with Crippen molar-refractivity contribution in [2.75, 3.05) is 0 Å². The van der Waals surface area contributed by atoms with Crippen LogP contribution in [0.1, 0.15) is 17.2 Å². The van der Waals surface area contributed by atoms with Gasteiger partial charge in [-0.2, -0.15) is 0 Å². The topological polar surface area (TPSA) is 26.0 Å². The monoisotopic (exact) mass is 185 g/mol. The molecule has 0 saturated carbocycles. The lowest BCUT2D eigenvalue weighted by atomic mass is 9.92. The van der Waals surface area contributed by atoms with Gasteiger partial charge in [0.1, 0.15) is 0 Å². The molecule has 0 amide bonds. The first-order valence-electron chi connectivity index (χ1n) is 4.95. The van der Waals surface area contributed by atoms with Crippen molar-refractivity contribution in [2.24, 2.45) is 11.7 Å². The Morgan fingerprint density at radius 1 is 1.14 bits per heavy atom. The Morgan fingerprint density at radius 3 is 2.43 bits per heavy atom. The summed E-state index contributed by atoms with van der Waals surface area (Å²) in [6, 6.07) is 8.40. The predicted octanol–water partition coefficient (Wildman–Crippen LogP) is 2.74. The molecule has 1 aromatic rings. The summed E-state index contributed by atoms with van der Waals surface area (Å²) in [6.07, 6.45) is 8.42. The normalized spacial score (nSPS) is 17.6. The third-order valence-corrected chi connectivity index (χ3v) is 2.74. The number of allylic oxidation sites excluding steroid dienone is 2. The smallest absolute Gasteiger partial charge is 0.0396 e. The van der Waals surface area contributed by atoms with Gasteiger partial charge in [0.15, 0.2) is 0 Å². The van der Waals surface area contributed by atoms with E-state index < -0.39 is 0 Å². The van der Waals surface area contributed by atoms with Crippen molar-refractivity contribution >= 4 is 0 Å². The van der Waals surface area contributed by atoms with Gasteiger partial charge in [-0.3, -0.25) is 0 Å². The highest BCUT2D eigenvalue weighted by atomic mass is 14.6. The maximum absolute atomic E-state index is 6.20. The maximum Gasteiger partial charge on any atom is 0.0396 e. The molecular formula is C13H15N. The van der Waals surface area contributed by atoms with Gasteiger partial charge >= 0.3 is 0 Å². The third-order valence-electron chi connectivity index (χ3n) is 2.74. The van der Waals surface area contributed by atoms with E-state index in [0.717, 1.165) is 0 Å². The van der Waals surface area contributed by atoms with Crippen molar-refractivity contribution in [2.45, 2.75) is 13.0 Å². The molecule has 14 heavy (non-hydrogen) atoms. The van der Waals surface area contributed by atoms with E-state index in [2.05, 4.69) is 43.4 Å². The average molecular weight is 185 g/mol. The Hall–Kier alpha value is -1.34. The van der Waals surface area contributed by atoms with E-state index in [1.807, 2.05) is 12.1 Å². The van der Waals surface area contributed by atoms with Gasteiger partial charge in [0.2, 0.25) is 0 Å². The lowest BCUT2D eigenvalue weighted by Crippen LogP contribution is -2.18. The molecule has 72 valence electrons. The van der Waals surface area contributed by atoms with Gasteiger partial charge in [0, 0.05) is 12.0 Å². The summed E-state index contributed by atoms with van der Waals surface area (Å²) in [4.78, 5) is 0. The van der Waals surface area contributed by atoms with Crippen LogP contribution in [0.15, 0.2) is 48.6 Å². The minimum absolute atomic E-state index is 0.0891. The minimum atomic E-state index is 0.0891. The van der Waals surface area contributed by atoms with E-state index in [1.54, 1.807) is 0 Å². The maximum atomic E-state index is 6.20. The highest BCUT2D eigenvalue weighted by molar-refractivity contribution is 5.32. The van der Waals surface area contributed by atoms with Gasteiger partial charge in [-0.05, 0) is 18.1 Å². The average Bonchev–Trinajstić information content (AvgIpc) is 2.70. The molecule has 0 saturated heterocycles. The van der Waals surface area contributed by atoms with Crippen LogP contribution >= 0.6 is 0 Å². The van der Waals surface area contributed by atoms with E-state index >= 15 is 0 Å². The zero-order chi connectivity index (χ0) is 9.97. The van der Waals surface area contributed by atoms with Crippen molar-refractivity contribution in [3.8, 4) is 0 Å². The lowest BCUT2D eigenvalue weighted by Gasteiger charge is -2.18. The Morgan fingerprint density at radius 2 is 1.79 bits per heavy atom. The van der Waals surface area contributed by atoms with Crippen molar-refractivity contribution in [3.63, 3.8) is 0 Å². The van der Waals surface area contributed by atoms with Crippen LogP contribution < -0.4 is 5.73 Å². The molecule has 0 spiro atoms. The second-order valence-electron chi connectivity index (χ2n) is 3.73. The molecule has 0 fully saturated rings. The summed E-state index contributed by atoms with van der Waals surface area (Å²) in [5.74, 6) is 0.357. The minimum Gasteiger partial charge on any atom is -0.323 e. The van der Waals surface area contributed by atoms with Gasteiger partial charge in [-0.15, -0.1) is 0 Å². The van der Waals surface area contributed by atoms with Gasteiger partial charge in [0.05, 0.1) is 0 Å². The van der Waals surface area contributed by atoms with Crippen LogP contribution in [-0.2, 0) is 0 Å².